The van der Waals surface area contributed by atoms with Gasteiger partial charge in [0.05, 0.1) is 28.0 Å². The first kappa shape index (κ1) is 20.5. The van der Waals surface area contributed by atoms with Gasteiger partial charge < -0.3 is 20.9 Å². The molecule has 10 heteroatoms. The smallest absolute Gasteiger partial charge is 0.149 e. The van der Waals surface area contributed by atoms with Gasteiger partial charge in [-0.1, -0.05) is 11.6 Å². The lowest BCUT2D eigenvalue weighted by molar-refractivity contribution is 0.631. The van der Waals surface area contributed by atoms with E-state index in [1.54, 1.807) is 6.07 Å². The van der Waals surface area contributed by atoms with Crippen molar-refractivity contribution in [3.05, 3.63) is 58.8 Å². The molecule has 1 aromatic carbocycles. The van der Waals surface area contributed by atoms with Crippen LogP contribution in [0.15, 0.2) is 36.8 Å². The van der Waals surface area contributed by atoms with Gasteiger partial charge in [0.2, 0.25) is 0 Å². The molecule has 0 spiro atoms. The highest BCUT2D eigenvalue weighted by atomic mass is 35.5. The summed E-state index contributed by atoms with van der Waals surface area (Å²) in [6.45, 7) is 1.93. The van der Waals surface area contributed by atoms with Crippen LogP contribution in [-0.2, 0) is 0 Å². The van der Waals surface area contributed by atoms with E-state index >= 15 is 0 Å². The molecule has 0 unspecified atom stereocenters. The number of nitrogens with zero attached hydrogens (tertiary/aromatic N) is 5. The van der Waals surface area contributed by atoms with Crippen LogP contribution in [0, 0.1) is 22.6 Å². The van der Waals surface area contributed by atoms with E-state index in [4.69, 9.17) is 22.3 Å². The van der Waals surface area contributed by atoms with Gasteiger partial charge in [-0.15, -0.1) is 0 Å². The quantitative estimate of drug-likeness (QED) is 0.483. The first-order valence-electron chi connectivity index (χ1n) is 9.58. The average Bonchev–Trinajstić information content (AvgIpc) is 3.31. The van der Waals surface area contributed by atoms with Gasteiger partial charge in [-0.3, -0.25) is 0 Å². The predicted octanol–water partition coefficient (Wildman–Crippen LogP) is 4.62. The molecule has 0 amide bonds. The lowest BCUT2D eigenvalue weighted by Gasteiger charge is -2.17. The second-order valence-corrected chi connectivity index (χ2v) is 7.34. The van der Waals surface area contributed by atoms with Gasteiger partial charge in [-0.05, 0) is 25.0 Å². The zero-order valence-corrected chi connectivity index (χ0v) is 17.1. The van der Waals surface area contributed by atoms with Gasteiger partial charge in [-0.25, -0.2) is 19.3 Å². The molecule has 1 fully saturated rings. The molecular formula is C21H18ClFN8. The van der Waals surface area contributed by atoms with Crippen molar-refractivity contribution in [1.82, 2.24) is 15.0 Å². The minimum Gasteiger partial charge on any atom is -0.356 e. The summed E-state index contributed by atoms with van der Waals surface area (Å²) in [6.07, 6.45) is 6.36. The van der Waals surface area contributed by atoms with Crippen molar-refractivity contribution in [2.24, 2.45) is 0 Å². The summed E-state index contributed by atoms with van der Waals surface area (Å²) >= 11 is 6.14. The van der Waals surface area contributed by atoms with Crippen LogP contribution in [0.3, 0.4) is 0 Å². The molecule has 1 aliphatic heterocycles. The monoisotopic (exact) mass is 436 g/mol. The molecule has 8 nitrogen and oxygen atoms in total. The summed E-state index contributed by atoms with van der Waals surface area (Å²) < 4.78 is 14.5. The predicted molar refractivity (Wildman–Crippen MR) is 118 cm³/mol. The van der Waals surface area contributed by atoms with Crippen LogP contribution in [0.25, 0.3) is 0 Å². The number of anilines is 5. The Morgan fingerprint density at radius 3 is 2.58 bits per heavy atom. The van der Waals surface area contributed by atoms with Crippen molar-refractivity contribution in [3.63, 3.8) is 0 Å². The Morgan fingerprint density at radius 2 is 1.87 bits per heavy atom. The minimum atomic E-state index is -0.669. The SMILES string of the molecule is N#Cc1cc(F)c(Nc2cc(Nc3cc(N4CCCC4)ncn3)ncc2C=N)c(Cl)c1. The number of nitrogens with one attached hydrogen (secondary N) is 3. The Balaban J connectivity index is 1.61. The number of hydrogen-bond acceptors (Lipinski definition) is 8. The average molecular weight is 437 g/mol. The number of benzene rings is 1. The van der Waals surface area contributed by atoms with E-state index in [0.717, 1.165) is 44.0 Å². The molecule has 0 bridgehead atoms. The van der Waals surface area contributed by atoms with Gasteiger partial charge in [0.25, 0.3) is 0 Å². The Bertz CT molecular complexity index is 1150. The number of rotatable bonds is 6. The van der Waals surface area contributed by atoms with E-state index in [-0.39, 0.29) is 16.3 Å². The Labute approximate surface area is 183 Å². The summed E-state index contributed by atoms with van der Waals surface area (Å²) in [5, 5.41) is 22.7. The van der Waals surface area contributed by atoms with E-state index in [1.165, 1.54) is 18.6 Å². The van der Waals surface area contributed by atoms with E-state index in [2.05, 4.69) is 30.5 Å². The fourth-order valence-electron chi connectivity index (χ4n) is 3.32. The number of pyridine rings is 1. The number of halogens is 2. The third-order valence-electron chi connectivity index (χ3n) is 4.86. The Hall–Kier alpha value is -3.77. The van der Waals surface area contributed by atoms with Crippen molar-refractivity contribution in [3.8, 4) is 6.07 Å². The van der Waals surface area contributed by atoms with Gasteiger partial charge in [0.15, 0.2) is 0 Å². The molecule has 3 aromatic rings. The Morgan fingerprint density at radius 1 is 1.10 bits per heavy atom. The summed E-state index contributed by atoms with van der Waals surface area (Å²) in [6, 6.07) is 7.81. The van der Waals surface area contributed by atoms with Gasteiger partial charge in [-0.2, -0.15) is 5.26 Å². The molecule has 156 valence electrons. The van der Waals surface area contributed by atoms with Crippen LogP contribution >= 0.6 is 11.6 Å². The lowest BCUT2D eigenvalue weighted by Crippen LogP contribution is -2.19. The maximum atomic E-state index is 14.5. The maximum Gasteiger partial charge on any atom is 0.149 e. The molecule has 0 aliphatic carbocycles. The first-order chi connectivity index (χ1) is 15.1. The highest BCUT2D eigenvalue weighted by Gasteiger charge is 2.15. The van der Waals surface area contributed by atoms with E-state index in [9.17, 15) is 4.39 Å². The molecule has 3 heterocycles. The fraction of sp³-hybridized carbons (Fsp3) is 0.190. The highest BCUT2D eigenvalue weighted by Crippen LogP contribution is 2.32. The second kappa shape index (κ2) is 8.93. The van der Waals surface area contributed by atoms with Crippen molar-refractivity contribution in [2.45, 2.75) is 12.8 Å². The molecule has 1 saturated heterocycles. The second-order valence-electron chi connectivity index (χ2n) is 6.93. The highest BCUT2D eigenvalue weighted by molar-refractivity contribution is 6.33. The molecule has 1 aliphatic rings. The normalized spacial score (nSPS) is 13.0. The van der Waals surface area contributed by atoms with Crippen LogP contribution in [0.1, 0.15) is 24.0 Å². The summed E-state index contributed by atoms with van der Waals surface area (Å²) in [4.78, 5) is 15.1. The van der Waals surface area contributed by atoms with Crippen molar-refractivity contribution >= 4 is 46.6 Å². The maximum absolute atomic E-state index is 14.5. The number of hydrogen-bond donors (Lipinski definition) is 3. The van der Waals surface area contributed by atoms with E-state index < -0.39 is 5.82 Å². The van der Waals surface area contributed by atoms with Gasteiger partial charge >= 0.3 is 0 Å². The van der Waals surface area contributed by atoms with Crippen LogP contribution in [0.4, 0.5) is 33.2 Å². The molecule has 0 atom stereocenters. The molecular weight excluding hydrogens is 419 g/mol. The summed E-state index contributed by atoms with van der Waals surface area (Å²) in [5.74, 6) is 1.19. The summed E-state index contributed by atoms with van der Waals surface area (Å²) in [5.41, 5.74) is 0.993. The largest absolute Gasteiger partial charge is 0.356 e. The van der Waals surface area contributed by atoms with Crippen LogP contribution in [-0.4, -0.2) is 34.3 Å². The van der Waals surface area contributed by atoms with Crippen LogP contribution in [0.5, 0.6) is 0 Å². The topological polar surface area (TPSA) is 114 Å². The third-order valence-corrected chi connectivity index (χ3v) is 5.16. The molecule has 0 radical (unpaired) electrons. The Kier molecular flexibility index (Phi) is 5.91. The zero-order chi connectivity index (χ0) is 21.8. The molecule has 0 saturated carbocycles. The number of nitriles is 1. The standard InChI is InChI=1S/C21H18ClFN8/c22-15-5-13(9-24)6-16(23)21(15)29-17-7-18(26-11-14(17)10-25)30-19-8-20(28-12-27-19)31-3-1-2-4-31/h5-8,10-12,25H,1-4H2,(H2,26,27,28,29,30). The van der Waals surface area contributed by atoms with Crippen molar-refractivity contribution in [1.29, 1.82) is 10.7 Å². The van der Waals surface area contributed by atoms with E-state index in [1.807, 2.05) is 12.1 Å². The molecule has 3 N–H and O–H groups in total. The van der Waals surface area contributed by atoms with Crippen molar-refractivity contribution in [2.75, 3.05) is 28.6 Å². The third kappa shape index (κ3) is 4.54. The van der Waals surface area contributed by atoms with Crippen LogP contribution in [0.2, 0.25) is 5.02 Å². The van der Waals surface area contributed by atoms with Gasteiger partial charge in [0, 0.05) is 43.2 Å². The molecule has 31 heavy (non-hydrogen) atoms. The van der Waals surface area contributed by atoms with Crippen LogP contribution < -0.4 is 15.5 Å². The van der Waals surface area contributed by atoms with Crippen molar-refractivity contribution < 1.29 is 4.39 Å². The zero-order valence-electron chi connectivity index (χ0n) is 16.4. The molecule has 2 aromatic heterocycles. The number of aromatic nitrogens is 3. The fourth-order valence-corrected chi connectivity index (χ4v) is 3.57. The van der Waals surface area contributed by atoms with E-state index in [0.29, 0.717) is 22.9 Å². The summed E-state index contributed by atoms with van der Waals surface area (Å²) in [7, 11) is 0. The lowest BCUT2D eigenvalue weighted by atomic mass is 10.2. The minimum absolute atomic E-state index is 0.0132. The molecule has 4 rings (SSSR count). The van der Waals surface area contributed by atoms with Gasteiger partial charge in [0.1, 0.15) is 29.6 Å². The first-order valence-corrected chi connectivity index (χ1v) is 9.96.